The van der Waals surface area contributed by atoms with Gasteiger partial charge < -0.3 is 9.73 Å². The van der Waals surface area contributed by atoms with Crippen LogP contribution in [-0.4, -0.2) is 12.0 Å². The lowest BCUT2D eigenvalue weighted by Gasteiger charge is -2.18. The second-order valence-electron chi connectivity index (χ2n) is 4.60. The molecule has 0 aliphatic heterocycles. The zero-order chi connectivity index (χ0) is 13.2. The van der Waals surface area contributed by atoms with Crippen molar-refractivity contribution in [3.8, 4) is 0 Å². The average molecular weight is 252 g/mol. The Hall–Kier alpha value is -2.13. The van der Waals surface area contributed by atoms with E-state index in [1.54, 1.807) is 6.26 Å². The number of hydrogen-bond donors (Lipinski definition) is 1. The van der Waals surface area contributed by atoms with E-state index in [0.717, 1.165) is 11.1 Å². The highest BCUT2D eigenvalue weighted by Crippen LogP contribution is 2.30. The van der Waals surface area contributed by atoms with E-state index < -0.39 is 0 Å². The molecule has 3 heteroatoms. The summed E-state index contributed by atoms with van der Waals surface area (Å²) in [6.07, 6.45) is 5.47. The third-order valence-electron chi connectivity index (χ3n) is 3.52. The van der Waals surface area contributed by atoms with Crippen molar-refractivity contribution >= 4 is 10.8 Å². The summed E-state index contributed by atoms with van der Waals surface area (Å²) in [6.45, 7) is 1.99. The van der Waals surface area contributed by atoms with E-state index in [1.807, 2.05) is 32.4 Å². The first-order chi connectivity index (χ1) is 9.31. The quantitative estimate of drug-likeness (QED) is 0.776. The fourth-order valence-corrected chi connectivity index (χ4v) is 2.57. The molecule has 0 saturated carbocycles. The Labute approximate surface area is 112 Å². The Balaban J connectivity index is 2.20. The molecule has 0 bridgehead atoms. The third-order valence-corrected chi connectivity index (χ3v) is 3.52. The fraction of sp³-hybridized carbons (Fsp3) is 0.188. The van der Waals surface area contributed by atoms with Gasteiger partial charge in [0.05, 0.1) is 12.3 Å². The zero-order valence-electron chi connectivity index (χ0n) is 11.1. The van der Waals surface area contributed by atoms with Gasteiger partial charge in [0.15, 0.2) is 0 Å². The van der Waals surface area contributed by atoms with Crippen LogP contribution in [-0.2, 0) is 0 Å². The summed E-state index contributed by atoms with van der Waals surface area (Å²) in [5, 5.41) is 5.75. The fourth-order valence-electron chi connectivity index (χ4n) is 2.57. The van der Waals surface area contributed by atoms with Crippen molar-refractivity contribution in [2.45, 2.75) is 13.0 Å². The van der Waals surface area contributed by atoms with E-state index in [0.29, 0.717) is 0 Å². The number of fused-ring (bicyclic) bond motifs is 1. The third kappa shape index (κ3) is 2.02. The predicted octanol–water partition coefficient (Wildman–Crippen LogP) is 3.45. The second kappa shape index (κ2) is 4.86. The van der Waals surface area contributed by atoms with E-state index in [2.05, 4.69) is 34.6 Å². The molecule has 0 amide bonds. The van der Waals surface area contributed by atoms with Crippen LogP contribution in [0.25, 0.3) is 10.8 Å². The van der Waals surface area contributed by atoms with Crippen molar-refractivity contribution in [2.24, 2.45) is 0 Å². The highest BCUT2D eigenvalue weighted by Gasteiger charge is 2.18. The van der Waals surface area contributed by atoms with Gasteiger partial charge in [-0.05, 0) is 37.1 Å². The summed E-state index contributed by atoms with van der Waals surface area (Å²) in [5.41, 5.74) is 2.42. The normalized spacial score (nSPS) is 12.7. The van der Waals surface area contributed by atoms with E-state index in [1.165, 1.54) is 16.5 Å². The average Bonchev–Trinajstić information content (AvgIpc) is 2.86. The van der Waals surface area contributed by atoms with Gasteiger partial charge in [-0.3, -0.25) is 4.98 Å². The number of pyridine rings is 1. The first-order valence-electron chi connectivity index (χ1n) is 6.35. The van der Waals surface area contributed by atoms with Crippen LogP contribution in [0.15, 0.2) is 53.4 Å². The number of aromatic nitrogens is 1. The maximum Gasteiger partial charge on any atom is 0.105 e. The Morgan fingerprint density at radius 1 is 1.16 bits per heavy atom. The molecule has 0 aliphatic carbocycles. The minimum Gasteiger partial charge on any atom is -0.469 e. The molecule has 3 nitrogen and oxygen atoms in total. The Morgan fingerprint density at radius 2 is 2.05 bits per heavy atom. The van der Waals surface area contributed by atoms with Gasteiger partial charge in [0, 0.05) is 23.3 Å². The van der Waals surface area contributed by atoms with E-state index in [4.69, 9.17) is 4.42 Å². The number of rotatable bonds is 3. The van der Waals surface area contributed by atoms with Crippen LogP contribution in [0.1, 0.15) is 22.9 Å². The SMILES string of the molecule is CNC(c1ccoc1C)c1cccc2cnccc12. The molecule has 1 unspecified atom stereocenters. The van der Waals surface area contributed by atoms with Crippen LogP contribution in [0.3, 0.4) is 0 Å². The number of furan rings is 1. The molecule has 3 rings (SSSR count). The number of aryl methyl sites for hydroxylation is 1. The van der Waals surface area contributed by atoms with Gasteiger partial charge in [-0.25, -0.2) is 0 Å². The Kier molecular flexibility index (Phi) is 3.05. The van der Waals surface area contributed by atoms with Crippen LogP contribution < -0.4 is 5.32 Å². The summed E-state index contributed by atoms with van der Waals surface area (Å²) in [7, 11) is 1.97. The molecule has 0 radical (unpaired) electrons. The highest BCUT2D eigenvalue weighted by atomic mass is 16.3. The maximum atomic E-state index is 5.43. The Bertz CT molecular complexity index is 697. The van der Waals surface area contributed by atoms with Crippen molar-refractivity contribution in [3.05, 3.63) is 65.9 Å². The molecular weight excluding hydrogens is 236 g/mol. The van der Waals surface area contributed by atoms with Crippen molar-refractivity contribution in [3.63, 3.8) is 0 Å². The smallest absolute Gasteiger partial charge is 0.105 e. The first kappa shape index (κ1) is 11.9. The van der Waals surface area contributed by atoms with Gasteiger partial charge in [0.2, 0.25) is 0 Å². The molecule has 96 valence electrons. The van der Waals surface area contributed by atoms with Crippen molar-refractivity contribution in [2.75, 3.05) is 7.05 Å². The summed E-state index contributed by atoms with van der Waals surface area (Å²) < 4.78 is 5.43. The highest BCUT2D eigenvalue weighted by molar-refractivity contribution is 5.85. The molecule has 2 heterocycles. The molecule has 3 aromatic rings. The van der Waals surface area contributed by atoms with Gasteiger partial charge in [0.1, 0.15) is 5.76 Å². The zero-order valence-corrected chi connectivity index (χ0v) is 11.1. The number of nitrogens with one attached hydrogen (secondary N) is 1. The van der Waals surface area contributed by atoms with E-state index >= 15 is 0 Å². The molecule has 2 aromatic heterocycles. The molecule has 1 aromatic carbocycles. The summed E-state index contributed by atoms with van der Waals surface area (Å²) >= 11 is 0. The largest absolute Gasteiger partial charge is 0.469 e. The molecular formula is C16H16N2O. The van der Waals surface area contributed by atoms with Crippen molar-refractivity contribution < 1.29 is 4.42 Å². The van der Waals surface area contributed by atoms with Gasteiger partial charge >= 0.3 is 0 Å². The van der Waals surface area contributed by atoms with Crippen LogP contribution in [0.2, 0.25) is 0 Å². The lowest BCUT2D eigenvalue weighted by Crippen LogP contribution is -2.18. The van der Waals surface area contributed by atoms with Crippen LogP contribution >= 0.6 is 0 Å². The lowest BCUT2D eigenvalue weighted by atomic mass is 9.95. The standard InChI is InChI=1S/C16H16N2O/c1-11-13(7-9-19-11)16(17-2)15-5-3-4-12-10-18-8-6-14(12)15/h3-10,16-17H,1-2H3. The predicted molar refractivity (Wildman–Crippen MR) is 76.1 cm³/mol. The van der Waals surface area contributed by atoms with Gasteiger partial charge in [0.25, 0.3) is 0 Å². The molecule has 0 aliphatic rings. The molecule has 1 N–H and O–H groups in total. The van der Waals surface area contributed by atoms with Gasteiger partial charge in [-0.15, -0.1) is 0 Å². The second-order valence-corrected chi connectivity index (χ2v) is 4.60. The van der Waals surface area contributed by atoms with Crippen LogP contribution in [0.4, 0.5) is 0 Å². The van der Waals surface area contributed by atoms with Crippen LogP contribution in [0, 0.1) is 6.92 Å². The summed E-state index contributed by atoms with van der Waals surface area (Å²) in [4.78, 5) is 4.18. The number of nitrogens with zero attached hydrogens (tertiary/aromatic N) is 1. The van der Waals surface area contributed by atoms with Crippen molar-refractivity contribution in [1.29, 1.82) is 0 Å². The topological polar surface area (TPSA) is 38.1 Å². The molecule has 1 atom stereocenters. The Morgan fingerprint density at radius 3 is 2.79 bits per heavy atom. The molecule has 0 saturated heterocycles. The number of hydrogen-bond acceptors (Lipinski definition) is 3. The molecule has 0 spiro atoms. The van der Waals surface area contributed by atoms with Crippen LogP contribution in [0.5, 0.6) is 0 Å². The van der Waals surface area contributed by atoms with E-state index in [-0.39, 0.29) is 6.04 Å². The lowest BCUT2D eigenvalue weighted by molar-refractivity contribution is 0.523. The van der Waals surface area contributed by atoms with E-state index in [9.17, 15) is 0 Å². The summed E-state index contributed by atoms with van der Waals surface area (Å²) in [6, 6.07) is 10.5. The monoisotopic (exact) mass is 252 g/mol. The number of benzene rings is 1. The summed E-state index contributed by atoms with van der Waals surface area (Å²) in [5.74, 6) is 0.949. The molecule has 0 fully saturated rings. The van der Waals surface area contributed by atoms with Gasteiger partial charge in [-0.2, -0.15) is 0 Å². The van der Waals surface area contributed by atoms with Gasteiger partial charge in [-0.1, -0.05) is 18.2 Å². The first-order valence-corrected chi connectivity index (χ1v) is 6.35. The maximum absolute atomic E-state index is 5.43. The minimum atomic E-state index is 0.129. The molecule has 19 heavy (non-hydrogen) atoms. The minimum absolute atomic E-state index is 0.129. The van der Waals surface area contributed by atoms with Crippen molar-refractivity contribution in [1.82, 2.24) is 10.3 Å².